The highest BCUT2D eigenvalue weighted by molar-refractivity contribution is 8.00. The second-order valence-electron chi connectivity index (χ2n) is 10.6. The second kappa shape index (κ2) is 13.3. The lowest BCUT2D eigenvalue weighted by atomic mass is 9.97. The molecule has 0 bridgehead atoms. The van der Waals surface area contributed by atoms with E-state index in [1.807, 2.05) is 6.07 Å². The Hall–Kier alpha value is -3.09. The van der Waals surface area contributed by atoms with Crippen molar-refractivity contribution in [1.82, 2.24) is 30.0 Å². The summed E-state index contributed by atoms with van der Waals surface area (Å²) in [6.45, 7) is -0.234. The van der Waals surface area contributed by atoms with Crippen LogP contribution in [-0.2, 0) is 14.2 Å². The molecule has 2 aromatic heterocycles. The van der Waals surface area contributed by atoms with E-state index in [9.17, 15) is 28.5 Å². The number of rotatable bonds is 8. The van der Waals surface area contributed by atoms with Gasteiger partial charge < -0.3 is 29.5 Å². The molecule has 2 aliphatic heterocycles. The van der Waals surface area contributed by atoms with Gasteiger partial charge in [-0.2, -0.15) is 0 Å². The molecule has 2 saturated heterocycles. The third kappa shape index (κ3) is 6.33. The average Bonchev–Trinajstić information content (AvgIpc) is 3.72. The van der Waals surface area contributed by atoms with Crippen LogP contribution in [0.5, 0.6) is 0 Å². The first-order valence-electron chi connectivity index (χ1n) is 13.8. The first-order valence-corrected chi connectivity index (χ1v) is 15.1. The van der Waals surface area contributed by atoms with Crippen LogP contribution in [0.25, 0.3) is 22.5 Å². The van der Waals surface area contributed by atoms with Crippen molar-refractivity contribution in [2.75, 3.05) is 26.9 Å². The zero-order valence-corrected chi connectivity index (χ0v) is 25.1. The van der Waals surface area contributed by atoms with Gasteiger partial charge in [-0.1, -0.05) is 34.2 Å². The Kier molecular flexibility index (Phi) is 9.44. The smallest absolute Gasteiger partial charge is 0.194 e. The van der Waals surface area contributed by atoms with Gasteiger partial charge in [-0.15, -0.1) is 22.0 Å². The number of ether oxygens (including phenoxy) is 3. The summed E-state index contributed by atoms with van der Waals surface area (Å²) >= 11 is 7.30. The lowest BCUT2D eigenvalue weighted by Gasteiger charge is -2.45. The van der Waals surface area contributed by atoms with Gasteiger partial charge in [-0.25, -0.2) is 22.5 Å². The minimum Gasteiger partial charge on any atom is -0.394 e. The number of benzene rings is 2. The van der Waals surface area contributed by atoms with Gasteiger partial charge in [-0.05, 0) is 24.3 Å². The molecule has 0 amide bonds. The van der Waals surface area contributed by atoms with E-state index in [2.05, 4.69) is 20.6 Å². The number of nitrogens with zero attached hydrogens (tertiary/aromatic N) is 6. The number of aromatic nitrogens is 6. The Morgan fingerprint density at radius 2 is 1.67 bits per heavy atom. The van der Waals surface area contributed by atoms with Crippen LogP contribution in [0.1, 0.15) is 12.1 Å². The molecule has 17 heteroatoms. The number of aliphatic hydroxyl groups is 3. The number of methoxy groups -OCH3 is 1. The van der Waals surface area contributed by atoms with E-state index in [1.54, 1.807) is 24.4 Å². The maximum atomic E-state index is 13.9. The summed E-state index contributed by atoms with van der Waals surface area (Å²) in [5, 5.41) is 49.0. The highest BCUT2D eigenvalue weighted by Gasteiger charge is 2.49. The molecule has 3 N–H and O–H groups in total. The van der Waals surface area contributed by atoms with Gasteiger partial charge in [0.05, 0.1) is 43.6 Å². The molecule has 2 aromatic carbocycles. The fraction of sp³-hybridized carbons (Fsp3) is 0.429. The molecule has 4 aromatic rings. The summed E-state index contributed by atoms with van der Waals surface area (Å²) in [5.74, 6) is -4.40. The molecule has 2 aliphatic rings. The fourth-order valence-electron chi connectivity index (χ4n) is 5.48. The number of halogens is 4. The number of hydrogen-bond acceptors (Lipinski definition) is 11. The van der Waals surface area contributed by atoms with Gasteiger partial charge in [0.15, 0.2) is 17.5 Å². The fourth-order valence-corrected chi connectivity index (χ4v) is 7.16. The molecule has 0 saturated carbocycles. The highest BCUT2D eigenvalue weighted by atomic mass is 35.5. The Balaban J connectivity index is 1.22. The summed E-state index contributed by atoms with van der Waals surface area (Å²) in [7, 11) is 1.40. The summed E-state index contributed by atoms with van der Waals surface area (Å²) in [5.41, 5.74) is 0.409. The van der Waals surface area contributed by atoms with Crippen molar-refractivity contribution in [2.24, 2.45) is 0 Å². The van der Waals surface area contributed by atoms with E-state index >= 15 is 0 Å². The van der Waals surface area contributed by atoms with Crippen LogP contribution in [-0.4, -0.2) is 107 Å². The normalized spacial score (nSPS) is 28.8. The van der Waals surface area contributed by atoms with Crippen molar-refractivity contribution in [3.8, 4) is 22.5 Å². The average molecular weight is 669 g/mol. The molecular weight excluding hydrogens is 641 g/mol. The molecule has 6 rings (SSSR count). The third-order valence-electron chi connectivity index (χ3n) is 7.82. The van der Waals surface area contributed by atoms with E-state index in [1.165, 1.54) is 34.4 Å². The van der Waals surface area contributed by atoms with E-state index in [0.29, 0.717) is 10.7 Å². The van der Waals surface area contributed by atoms with Gasteiger partial charge in [-0.3, -0.25) is 0 Å². The molecule has 240 valence electrons. The van der Waals surface area contributed by atoms with Crippen LogP contribution < -0.4 is 0 Å². The lowest BCUT2D eigenvalue weighted by molar-refractivity contribution is -0.186. The van der Waals surface area contributed by atoms with E-state index in [0.717, 1.165) is 17.7 Å². The molecule has 8 atom stereocenters. The van der Waals surface area contributed by atoms with Crippen molar-refractivity contribution in [1.29, 1.82) is 0 Å². The summed E-state index contributed by atoms with van der Waals surface area (Å²) in [4.78, 5) is 0. The van der Waals surface area contributed by atoms with Gasteiger partial charge >= 0.3 is 0 Å². The van der Waals surface area contributed by atoms with Crippen LogP contribution in [0.15, 0.2) is 48.8 Å². The van der Waals surface area contributed by atoms with E-state index in [4.69, 9.17) is 25.8 Å². The predicted molar refractivity (Wildman–Crippen MR) is 155 cm³/mol. The highest BCUT2D eigenvalue weighted by Crippen LogP contribution is 2.41. The maximum Gasteiger partial charge on any atom is 0.194 e. The second-order valence-corrected chi connectivity index (χ2v) is 12.4. The molecule has 45 heavy (non-hydrogen) atoms. The van der Waals surface area contributed by atoms with Crippen LogP contribution in [0.4, 0.5) is 13.2 Å². The third-order valence-corrected chi connectivity index (χ3v) is 9.46. The minimum atomic E-state index is -1.61. The quantitative estimate of drug-likeness (QED) is 0.238. The summed E-state index contributed by atoms with van der Waals surface area (Å²) in [6.07, 6.45) is -1.28. The molecule has 12 nitrogen and oxygen atoms in total. The van der Waals surface area contributed by atoms with Gasteiger partial charge in [0.25, 0.3) is 0 Å². The zero-order valence-electron chi connectivity index (χ0n) is 23.5. The van der Waals surface area contributed by atoms with Crippen LogP contribution in [0.2, 0.25) is 5.02 Å². The maximum absolute atomic E-state index is 13.9. The van der Waals surface area contributed by atoms with Gasteiger partial charge in [0.2, 0.25) is 0 Å². The minimum absolute atomic E-state index is 0.00927. The molecule has 0 radical (unpaired) electrons. The Morgan fingerprint density at radius 1 is 0.978 bits per heavy atom. The molecule has 2 fully saturated rings. The topological polar surface area (TPSA) is 150 Å². The van der Waals surface area contributed by atoms with Crippen LogP contribution in [0, 0.1) is 17.5 Å². The lowest BCUT2D eigenvalue weighted by Crippen LogP contribution is -2.56. The van der Waals surface area contributed by atoms with Crippen molar-refractivity contribution >= 4 is 23.4 Å². The molecule has 0 spiro atoms. The first kappa shape index (κ1) is 31.9. The molecular formula is C28H28ClF3N6O6S. The van der Waals surface area contributed by atoms with Crippen LogP contribution in [0.3, 0.4) is 0 Å². The Morgan fingerprint density at radius 3 is 2.36 bits per heavy atom. The van der Waals surface area contributed by atoms with Crippen LogP contribution >= 0.6 is 23.4 Å². The van der Waals surface area contributed by atoms with Gasteiger partial charge in [0, 0.05) is 23.3 Å². The van der Waals surface area contributed by atoms with Crippen molar-refractivity contribution in [2.45, 2.75) is 47.2 Å². The molecule has 0 unspecified atom stereocenters. The SMILES string of the molecule is CO[C@@H]1[C@@H](n2cc(-c3cc(F)c(F)c(F)c3)nn2)[C@@H](O)[C@@H](CO)O[C@H]1S[C@@H]1COC[C@H](n2cc(-c3cccc(Cl)c3)nn2)[C@H]1O. The van der Waals surface area contributed by atoms with Crippen molar-refractivity contribution < 1.29 is 42.7 Å². The number of hydrogen-bond donors (Lipinski definition) is 3. The predicted octanol–water partition coefficient (Wildman–Crippen LogP) is 2.64. The van der Waals surface area contributed by atoms with Gasteiger partial charge in [0.1, 0.15) is 47.2 Å². The Bertz CT molecular complexity index is 1630. The number of aliphatic hydroxyl groups excluding tert-OH is 3. The van der Waals surface area contributed by atoms with E-state index < -0.39 is 71.2 Å². The summed E-state index contributed by atoms with van der Waals surface area (Å²) < 4.78 is 61.6. The largest absolute Gasteiger partial charge is 0.394 e. The van der Waals surface area contributed by atoms with Crippen molar-refractivity contribution in [3.63, 3.8) is 0 Å². The standard InChI is InChI=1S/C28H28ClF3N6O6S/c1-42-27-24(38-9-19(34-36-38)14-6-16(30)23(32)17(31)7-14)26(41)21(10-39)44-28(27)45-22-12-43-11-20(25(22)40)37-8-18(33-35-37)13-3-2-4-15(29)5-13/h2-9,20-22,24-28,39-41H,10-12H2,1H3/t20-,21+,22+,24-,25+,26-,27+,28-/m0/s1. The number of thioether (sulfide) groups is 1. The zero-order chi connectivity index (χ0) is 31.8. The Labute approximate surface area is 263 Å². The molecule has 0 aliphatic carbocycles. The van der Waals surface area contributed by atoms with Crippen molar-refractivity contribution in [3.05, 3.63) is 71.3 Å². The van der Waals surface area contributed by atoms with E-state index in [-0.39, 0.29) is 24.5 Å². The monoisotopic (exact) mass is 668 g/mol. The summed E-state index contributed by atoms with van der Waals surface area (Å²) in [6, 6.07) is 7.13. The first-order chi connectivity index (χ1) is 21.7. The molecule has 4 heterocycles.